The molecule has 0 aliphatic rings. The van der Waals surface area contributed by atoms with E-state index in [0.29, 0.717) is 6.42 Å². The first kappa shape index (κ1) is 15.2. The fourth-order valence-electron chi connectivity index (χ4n) is 2.80. The average molecular weight is 330 g/mol. The average Bonchev–Trinajstić information content (AvgIpc) is 2.99. The molecular weight excluding hydrogens is 312 g/mol. The SMILES string of the molecule is Cc1cccc(Nc2ccc3ncc(Cc4ccc(O)cc4)n3n2)c1. The predicted molar refractivity (Wildman–Crippen MR) is 98.4 cm³/mol. The maximum atomic E-state index is 9.41. The lowest BCUT2D eigenvalue weighted by Gasteiger charge is -2.08. The molecule has 5 nitrogen and oxygen atoms in total. The Kier molecular flexibility index (Phi) is 3.82. The predicted octanol–water partition coefficient (Wildman–Crippen LogP) is 4.08. The number of hydrogen-bond acceptors (Lipinski definition) is 4. The van der Waals surface area contributed by atoms with Crippen molar-refractivity contribution in [2.45, 2.75) is 13.3 Å². The van der Waals surface area contributed by atoms with Gasteiger partial charge < -0.3 is 10.4 Å². The first-order chi connectivity index (χ1) is 12.2. The minimum atomic E-state index is 0.268. The summed E-state index contributed by atoms with van der Waals surface area (Å²) in [5.74, 6) is 1.03. The minimum absolute atomic E-state index is 0.268. The van der Waals surface area contributed by atoms with Gasteiger partial charge in [-0.1, -0.05) is 24.3 Å². The molecule has 2 aromatic heterocycles. The molecule has 0 spiro atoms. The van der Waals surface area contributed by atoms with Crippen molar-refractivity contribution in [3.8, 4) is 5.75 Å². The van der Waals surface area contributed by atoms with Gasteiger partial charge in [0.2, 0.25) is 0 Å². The van der Waals surface area contributed by atoms with Crippen LogP contribution in [0.25, 0.3) is 5.65 Å². The number of fused-ring (bicyclic) bond motifs is 1. The molecule has 0 unspecified atom stereocenters. The van der Waals surface area contributed by atoms with Crippen molar-refractivity contribution in [1.29, 1.82) is 0 Å². The van der Waals surface area contributed by atoms with Crippen molar-refractivity contribution in [1.82, 2.24) is 14.6 Å². The largest absolute Gasteiger partial charge is 0.508 e. The molecule has 0 aliphatic carbocycles. The van der Waals surface area contributed by atoms with E-state index in [-0.39, 0.29) is 5.75 Å². The highest BCUT2D eigenvalue weighted by Crippen LogP contribution is 2.18. The second-order valence-corrected chi connectivity index (χ2v) is 6.08. The van der Waals surface area contributed by atoms with Crippen LogP contribution in [0.2, 0.25) is 0 Å². The molecule has 0 saturated carbocycles. The van der Waals surface area contributed by atoms with E-state index in [0.717, 1.165) is 28.4 Å². The number of nitrogens with one attached hydrogen (secondary N) is 1. The van der Waals surface area contributed by atoms with Gasteiger partial charge in [0.25, 0.3) is 0 Å². The quantitative estimate of drug-likeness (QED) is 0.592. The van der Waals surface area contributed by atoms with Crippen LogP contribution in [-0.2, 0) is 6.42 Å². The molecular formula is C20H18N4O. The highest BCUT2D eigenvalue weighted by atomic mass is 16.3. The zero-order valence-corrected chi connectivity index (χ0v) is 13.8. The zero-order valence-electron chi connectivity index (χ0n) is 13.8. The molecule has 2 heterocycles. The smallest absolute Gasteiger partial charge is 0.153 e. The molecule has 2 N–H and O–H groups in total. The number of anilines is 2. The van der Waals surface area contributed by atoms with E-state index in [2.05, 4.69) is 34.5 Å². The van der Waals surface area contributed by atoms with E-state index in [4.69, 9.17) is 0 Å². The highest BCUT2D eigenvalue weighted by molar-refractivity contribution is 5.58. The molecule has 0 saturated heterocycles. The van der Waals surface area contributed by atoms with Crippen LogP contribution >= 0.6 is 0 Å². The second-order valence-electron chi connectivity index (χ2n) is 6.08. The standard InChI is InChI=1S/C20H18N4O/c1-14-3-2-4-16(11-14)22-19-9-10-20-21-13-17(24(20)23-19)12-15-5-7-18(25)8-6-15/h2-11,13,25H,12H2,1H3,(H,22,23). The van der Waals surface area contributed by atoms with E-state index >= 15 is 0 Å². The van der Waals surface area contributed by atoms with Crippen LogP contribution in [0.1, 0.15) is 16.8 Å². The van der Waals surface area contributed by atoms with Crippen molar-refractivity contribution < 1.29 is 5.11 Å². The summed E-state index contributed by atoms with van der Waals surface area (Å²) >= 11 is 0. The van der Waals surface area contributed by atoms with Crippen LogP contribution in [0.5, 0.6) is 5.75 Å². The van der Waals surface area contributed by atoms with Crippen molar-refractivity contribution in [2.75, 3.05) is 5.32 Å². The molecule has 0 bridgehead atoms. The first-order valence-corrected chi connectivity index (χ1v) is 8.13. The van der Waals surface area contributed by atoms with Crippen LogP contribution < -0.4 is 5.32 Å². The lowest BCUT2D eigenvalue weighted by atomic mass is 10.1. The number of imidazole rings is 1. The Labute approximate surface area is 145 Å². The highest BCUT2D eigenvalue weighted by Gasteiger charge is 2.07. The molecule has 4 rings (SSSR count). The summed E-state index contributed by atoms with van der Waals surface area (Å²) in [4.78, 5) is 4.42. The molecule has 0 amide bonds. The van der Waals surface area contributed by atoms with Gasteiger partial charge in [-0.2, -0.15) is 0 Å². The fourth-order valence-corrected chi connectivity index (χ4v) is 2.80. The van der Waals surface area contributed by atoms with E-state index in [1.807, 2.05) is 47.1 Å². The Morgan fingerprint density at radius 1 is 1.04 bits per heavy atom. The Hall–Kier alpha value is -3.34. The Morgan fingerprint density at radius 3 is 2.68 bits per heavy atom. The van der Waals surface area contributed by atoms with E-state index < -0.39 is 0 Å². The number of nitrogens with zero attached hydrogens (tertiary/aromatic N) is 3. The number of aryl methyl sites for hydroxylation is 1. The van der Waals surface area contributed by atoms with Gasteiger partial charge in [-0.05, 0) is 54.4 Å². The van der Waals surface area contributed by atoms with Gasteiger partial charge in [-0.25, -0.2) is 9.50 Å². The third-order valence-corrected chi connectivity index (χ3v) is 4.04. The third kappa shape index (κ3) is 3.30. The van der Waals surface area contributed by atoms with E-state index in [9.17, 15) is 5.11 Å². The van der Waals surface area contributed by atoms with Gasteiger partial charge in [0.05, 0.1) is 11.9 Å². The van der Waals surface area contributed by atoms with E-state index in [1.165, 1.54) is 5.56 Å². The Bertz CT molecular complexity index is 1020. The van der Waals surface area contributed by atoms with E-state index in [1.54, 1.807) is 12.1 Å². The summed E-state index contributed by atoms with van der Waals surface area (Å²) in [5.41, 5.74) is 5.10. The lowest BCUT2D eigenvalue weighted by molar-refractivity contribution is 0.475. The molecule has 2 aromatic carbocycles. The van der Waals surface area contributed by atoms with Crippen LogP contribution in [0, 0.1) is 6.92 Å². The van der Waals surface area contributed by atoms with Gasteiger partial charge in [0.1, 0.15) is 5.75 Å². The minimum Gasteiger partial charge on any atom is -0.508 e. The molecule has 0 radical (unpaired) electrons. The molecule has 124 valence electrons. The van der Waals surface area contributed by atoms with Gasteiger partial charge in [-0.15, -0.1) is 5.10 Å². The van der Waals surface area contributed by atoms with Crippen molar-refractivity contribution in [2.24, 2.45) is 0 Å². The number of hydrogen-bond donors (Lipinski definition) is 2. The summed E-state index contributed by atoms with van der Waals surface area (Å²) in [6.45, 7) is 2.06. The molecule has 0 atom stereocenters. The maximum Gasteiger partial charge on any atom is 0.153 e. The summed E-state index contributed by atoms with van der Waals surface area (Å²) in [5, 5.41) is 17.4. The van der Waals surface area contributed by atoms with Crippen molar-refractivity contribution in [3.63, 3.8) is 0 Å². The summed E-state index contributed by atoms with van der Waals surface area (Å²) < 4.78 is 1.85. The zero-order chi connectivity index (χ0) is 17.2. The number of aromatic hydroxyl groups is 1. The molecule has 5 heteroatoms. The van der Waals surface area contributed by atoms with Crippen LogP contribution in [0.4, 0.5) is 11.5 Å². The summed E-state index contributed by atoms with van der Waals surface area (Å²) in [6.07, 6.45) is 2.54. The second kappa shape index (κ2) is 6.28. The fraction of sp³-hybridized carbons (Fsp3) is 0.100. The number of benzene rings is 2. The number of aromatic nitrogens is 3. The number of phenols is 1. The third-order valence-electron chi connectivity index (χ3n) is 4.04. The van der Waals surface area contributed by atoms with Crippen molar-refractivity contribution in [3.05, 3.63) is 83.7 Å². The summed E-state index contributed by atoms with van der Waals surface area (Å²) in [6, 6.07) is 19.2. The van der Waals surface area contributed by atoms with Gasteiger partial charge in [-0.3, -0.25) is 0 Å². The summed E-state index contributed by atoms with van der Waals surface area (Å²) in [7, 11) is 0. The van der Waals surface area contributed by atoms with Crippen LogP contribution in [0.3, 0.4) is 0 Å². The molecule has 25 heavy (non-hydrogen) atoms. The van der Waals surface area contributed by atoms with Crippen LogP contribution in [0.15, 0.2) is 66.9 Å². The number of rotatable bonds is 4. The lowest BCUT2D eigenvalue weighted by Crippen LogP contribution is -2.02. The van der Waals surface area contributed by atoms with Crippen LogP contribution in [-0.4, -0.2) is 19.7 Å². The van der Waals surface area contributed by atoms with Gasteiger partial charge >= 0.3 is 0 Å². The normalized spacial score (nSPS) is 10.9. The molecule has 0 aliphatic heterocycles. The molecule has 4 aromatic rings. The topological polar surface area (TPSA) is 62.5 Å². The van der Waals surface area contributed by atoms with Crippen molar-refractivity contribution >= 4 is 17.2 Å². The van der Waals surface area contributed by atoms with Gasteiger partial charge in [0, 0.05) is 12.1 Å². The number of phenolic OH excluding ortho intramolecular Hbond substituents is 1. The molecule has 0 fully saturated rings. The first-order valence-electron chi connectivity index (χ1n) is 8.13. The Morgan fingerprint density at radius 2 is 1.88 bits per heavy atom. The van der Waals surface area contributed by atoms with Gasteiger partial charge in [0.15, 0.2) is 11.5 Å². The Balaban J connectivity index is 1.64. The monoisotopic (exact) mass is 330 g/mol. The maximum absolute atomic E-state index is 9.41.